The largest absolute Gasteiger partial charge is 0.545 e. The maximum atomic E-state index is 10.8. The van der Waals surface area contributed by atoms with E-state index in [1.807, 2.05) is 6.92 Å². The van der Waals surface area contributed by atoms with E-state index in [1.165, 1.54) is 19.3 Å². The fraction of sp³-hybridized carbons (Fsp3) is 0.750. The maximum Gasteiger partial charge on any atom is 0.0671 e. The zero-order chi connectivity index (χ0) is 10.6. The predicted molar refractivity (Wildman–Crippen MR) is 54.6 cm³/mol. The first kappa shape index (κ1) is 11.3. The van der Waals surface area contributed by atoms with E-state index in [4.69, 9.17) is 0 Å². The highest BCUT2D eigenvalue weighted by atomic mass is 16.4. The molecule has 2 nitrogen and oxygen atoms in total. The molecule has 80 valence electrons. The number of hydrogen-bond acceptors (Lipinski definition) is 2. The van der Waals surface area contributed by atoms with Gasteiger partial charge in [-0.15, -0.1) is 0 Å². The first-order chi connectivity index (χ1) is 6.66. The van der Waals surface area contributed by atoms with E-state index in [9.17, 15) is 9.90 Å². The van der Waals surface area contributed by atoms with Crippen LogP contribution in [0.4, 0.5) is 0 Å². The molecule has 0 aliphatic heterocycles. The second-order valence-electron chi connectivity index (χ2n) is 4.13. The summed E-state index contributed by atoms with van der Waals surface area (Å²) in [4.78, 5) is 10.8. The molecule has 0 heterocycles. The number of hydrogen-bond donors (Lipinski definition) is 0. The molecule has 1 saturated carbocycles. The topological polar surface area (TPSA) is 40.1 Å². The van der Waals surface area contributed by atoms with Crippen LogP contribution in [-0.4, -0.2) is 5.97 Å². The monoisotopic (exact) mass is 195 g/mol. The molecule has 1 fully saturated rings. The van der Waals surface area contributed by atoms with Crippen LogP contribution in [-0.2, 0) is 4.79 Å². The van der Waals surface area contributed by atoms with E-state index in [1.54, 1.807) is 6.92 Å². The summed E-state index contributed by atoms with van der Waals surface area (Å²) >= 11 is 0. The maximum absolute atomic E-state index is 10.8. The Labute approximate surface area is 86.0 Å². The quantitative estimate of drug-likeness (QED) is 0.646. The van der Waals surface area contributed by atoms with Crippen LogP contribution in [0.2, 0.25) is 0 Å². The third-order valence-corrected chi connectivity index (χ3v) is 3.27. The lowest BCUT2D eigenvalue weighted by molar-refractivity contribution is -0.299. The summed E-state index contributed by atoms with van der Waals surface area (Å²) in [6.45, 7) is 3.72. The minimum absolute atomic E-state index is 0.472. The SMILES string of the molecule is CC/C(=C(\C)C(=O)[O-])C1CCCCC1. The number of carbonyl (C=O) groups excluding carboxylic acids is 1. The smallest absolute Gasteiger partial charge is 0.0671 e. The standard InChI is InChI=1S/C12H20O2/c1-3-11(9(2)12(13)14)10-7-5-4-6-8-10/h10H,3-8H2,1-2H3,(H,13,14)/p-1/b11-9-. The van der Waals surface area contributed by atoms with Crippen molar-refractivity contribution in [2.45, 2.75) is 52.4 Å². The molecule has 0 unspecified atom stereocenters. The van der Waals surface area contributed by atoms with Crippen molar-refractivity contribution >= 4 is 5.97 Å². The molecule has 0 spiro atoms. The molecule has 1 aliphatic carbocycles. The lowest BCUT2D eigenvalue weighted by atomic mass is 9.81. The summed E-state index contributed by atoms with van der Waals surface area (Å²) in [5.41, 5.74) is 1.59. The minimum atomic E-state index is -0.993. The second-order valence-corrected chi connectivity index (χ2v) is 4.13. The van der Waals surface area contributed by atoms with Gasteiger partial charge in [-0.05, 0) is 37.7 Å². The van der Waals surface area contributed by atoms with Gasteiger partial charge in [-0.25, -0.2) is 0 Å². The zero-order valence-electron chi connectivity index (χ0n) is 9.14. The summed E-state index contributed by atoms with van der Waals surface area (Å²) in [7, 11) is 0. The molecule has 2 heteroatoms. The van der Waals surface area contributed by atoms with Crippen molar-refractivity contribution in [3.05, 3.63) is 11.1 Å². The first-order valence-corrected chi connectivity index (χ1v) is 5.57. The molecule has 1 aliphatic rings. The minimum Gasteiger partial charge on any atom is -0.545 e. The Morgan fingerprint density at radius 1 is 1.29 bits per heavy atom. The Kier molecular flexibility index (Phi) is 4.18. The van der Waals surface area contributed by atoms with Crippen molar-refractivity contribution in [3.8, 4) is 0 Å². The highest BCUT2D eigenvalue weighted by Crippen LogP contribution is 2.32. The number of rotatable bonds is 3. The zero-order valence-corrected chi connectivity index (χ0v) is 9.14. The van der Waals surface area contributed by atoms with Gasteiger partial charge in [-0.1, -0.05) is 31.8 Å². The Hall–Kier alpha value is -0.790. The van der Waals surface area contributed by atoms with Gasteiger partial charge >= 0.3 is 0 Å². The second kappa shape index (κ2) is 5.18. The average molecular weight is 195 g/mol. The summed E-state index contributed by atoms with van der Waals surface area (Å²) in [6.07, 6.45) is 6.97. The Balaban J connectivity index is 2.78. The first-order valence-electron chi connectivity index (χ1n) is 5.57. The van der Waals surface area contributed by atoms with E-state index >= 15 is 0 Å². The Morgan fingerprint density at radius 2 is 1.86 bits per heavy atom. The van der Waals surface area contributed by atoms with Gasteiger partial charge in [0.05, 0.1) is 5.97 Å². The Morgan fingerprint density at radius 3 is 2.29 bits per heavy atom. The molecular formula is C12H19O2-. The molecule has 0 bridgehead atoms. The van der Waals surface area contributed by atoms with Crippen LogP contribution in [0.3, 0.4) is 0 Å². The fourth-order valence-electron chi connectivity index (χ4n) is 2.44. The molecule has 0 radical (unpaired) electrons. The van der Waals surface area contributed by atoms with Crippen LogP contribution in [0.5, 0.6) is 0 Å². The molecule has 0 N–H and O–H groups in total. The van der Waals surface area contributed by atoms with Crippen molar-refractivity contribution in [2.24, 2.45) is 5.92 Å². The Bertz CT molecular complexity index is 235. The van der Waals surface area contributed by atoms with E-state index in [-0.39, 0.29) is 0 Å². The third-order valence-electron chi connectivity index (χ3n) is 3.27. The highest BCUT2D eigenvalue weighted by molar-refractivity contribution is 5.85. The number of carboxylic acid groups (broad SMARTS) is 1. The van der Waals surface area contributed by atoms with Crippen molar-refractivity contribution in [2.75, 3.05) is 0 Å². The van der Waals surface area contributed by atoms with E-state index in [0.717, 1.165) is 24.8 Å². The molecule has 0 atom stereocenters. The van der Waals surface area contributed by atoms with Crippen LogP contribution < -0.4 is 5.11 Å². The summed E-state index contributed by atoms with van der Waals surface area (Å²) in [5, 5.41) is 10.8. The van der Waals surface area contributed by atoms with Crippen molar-refractivity contribution < 1.29 is 9.90 Å². The van der Waals surface area contributed by atoms with Crippen molar-refractivity contribution in [1.29, 1.82) is 0 Å². The molecular weight excluding hydrogens is 176 g/mol. The number of allylic oxidation sites excluding steroid dienone is 1. The van der Waals surface area contributed by atoms with Gasteiger partial charge in [-0.3, -0.25) is 0 Å². The van der Waals surface area contributed by atoms with Gasteiger partial charge in [0.1, 0.15) is 0 Å². The van der Waals surface area contributed by atoms with Crippen molar-refractivity contribution in [3.63, 3.8) is 0 Å². The summed E-state index contributed by atoms with van der Waals surface area (Å²) in [6, 6.07) is 0. The molecule has 0 aromatic rings. The van der Waals surface area contributed by atoms with Crippen LogP contribution >= 0.6 is 0 Å². The van der Waals surface area contributed by atoms with E-state index in [2.05, 4.69) is 0 Å². The van der Waals surface area contributed by atoms with Gasteiger partial charge in [-0.2, -0.15) is 0 Å². The third kappa shape index (κ3) is 2.60. The fourth-order valence-corrected chi connectivity index (χ4v) is 2.44. The number of aliphatic carboxylic acids is 1. The molecule has 1 rings (SSSR count). The molecule has 0 aromatic carbocycles. The van der Waals surface area contributed by atoms with E-state index in [0.29, 0.717) is 11.5 Å². The van der Waals surface area contributed by atoms with Gasteiger partial charge in [0, 0.05) is 0 Å². The van der Waals surface area contributed by atoms with Crippen LogP contribution in [0, 0.1) is 5.92 Å². The summed E-state index contributed by atoms with van der Waals surface area (Å²) in [5.74, 6) is -0.487. The predicted octanol–water partition coefficient (Wildman–Crippen LogP) is 2.04. The average Bonchev–Trinajstić information content (AvgIpc) is 2.20. The number of carbonyl (C=O) groups is 1. The van der Waals surface area contributed by atoms with Gasteiger partial charge in [0.25, 0.3) is 0 Å². The van der Waals surface area contributed by atoms with Gasteiger partial charge in [0.2, 0.25) is 0 Å². The van der Waals surface area contributed by atoms with E-state index < -0.39 is 5.97 Å². The lowest BCUT2D eigenvalue weighted by Crippen LogP contribution is -2.26. The molecule has 0 aromatic heterocycles. The number of carboxylic acids is 1. The van der Waals surface area contributed by atoms with Crippen molar-refractivity contribution in [1.82, 2.24) is 0 Å². The van der Waals surface area contributed by atoms with Crippen LogP contribution in [0.1, 0.15) is 52.4 Å². The highest BCUT2D eigenvalue weighted by Gasteiger charge is 2.18. The lowest BCUT2D eigenvalue weighted by Gasteiger charge is -2.26. The molecule has 0 amide bonds. The molecule has 14 heavy (non-hydrogen) atoms. The van der Waals surface area contributed by atoms with Crippen LogP contribution in [0.25, 0.3) is 0 Å². The molecule has 0 saturated heterocycles. The normalized spacial score (nSPS) is 20.4. The van der Waals surface area contributed by atoms with Gasteiger partial charge in [0.15, 0.2) is 0 Å². The summed E-state index contributed by atoms with van der Waals surface area (Å²) < 4.78 is 0. The van der Waals surface area contributed by atoms with Gasteiger partial charge < -0.3 is 9.90 Å². The van der Waals surface area contributed by atoms with Crippen LogP contribution in [0.15, 0.2) is 11.1 Å².